The maximum atomic E-state index is 12.2. The van der Waals surface area contributed by atoms with Crippen LogP contribution >= 0.6 is 15.9 Å². The zero-order valence-corrected chi connectivity index (χ0v) is 84.9. The largest absolute Gasteiger partial charge is 0.454 e. The molecule has 0 saturated heterocycles. The third-order valence-corrected chi connectivity index (χ3v) is 22.6. The third kappa shape index (κ3) is 31.1. The highest BCUT2D eigenvalue weighted by molar-refractivity contribution is 9.10. The Hall–Kier alpha value is -17.8. The molecule has 748 valence electrons. The molecule has 18 rings (SSSR count). The lowest BCUT2D eigenvalue weighted by Crippen LogP contribution is -2.10. The summed E-state index contributed by atoms with van der Waals surface area (Å²) >= 11 is 3.41. The molecule has 0 aliphatic carbocycles. The number of nitro groups is 1. The summed E-state index contributed by atoms with van der Waals surface area (Å²) < 4.78 is 63.9. The highest BCUT2D eigenvalue weighted by Crippen LogP contribution is 2.31. The Labute approximate surface area is 854 Å². The number of aromatic nitrogens is 12. The van der Waals surface area contributed by atoms with Gasteiger partial charge >= 0.3 is 35.8 Å². The molecule has 34 heteroatoms. The quantitative estimate of drug-likeness (QED) is 0.0210. The number of rotatable bonds is 26. The number of aryl methyl sites for hydroxylation is 12. The molecule has 0 saturated carbocycles. The Bertz CT molecular complexity index is 7560. The second-order valence-electron chi connectivity index (χ2n) is 34.7. The fourth-order valence-corrected chi connectivity index (χ4v) is 14.4. The van der Waals surface area contributed by atoms with Crippen molar-refractivity contribution >= 4 is 57.4 Å². The van der Waals surface area contributed by atoms with E-state index in [4.69, 9.17) is 55.6 Å². The summed E-state index contributed by atoms with van der Waals surface area (Å²) in [5.74, 6) is 0.181. The van der Waals surface area contributed by atoms with Gasteiger partial charge in [0.2, 0.25) is 0 Å². The van der Waals surface area contributed by atoms with E-state index in [2.05, 4.69) is 129 Å². The van der Waals surface area contributed by atoms with Crippen molar-refractivity contribution in [2.24, 2.45) is 0 Å². The summed E-state index contributed by atoms with van der Waals surface area (Å²) in [6.45, 7) is 29.1. The number of nitrogens with zero attached hydrogens (tertiary/aromatic N) is 13. The van der Waals surface area contributed by atoms with Crippen LogP contribution in [0.2, 0.25) is 0 Å². The number of hydrogen-bond acceptors (Lipinski definition) is 32. The zero-order valence-electron chi connectivity index (χ0n) is 83.3. The number of ether oxygens (including phenoxy) is 6. The molecule has 0 fully saturated rings. The van der Waals surface area contributed by atoms with E-state index in [-0.39, 0.29) is 50.7 Å². The fraction of sp³-hybridized carbons (Fsp3) is 0.204. The van der Waals surface area contributed by atoms with Crippen LogP contribution in [0.15, 0.2) is 305 Å². The van der Waals surface area contributed by atoms with E-state index >= 15 is 0 Å². The minimum atomic E-state index is -0.513. The van der Waals surface area contributed by atoms with Crippen LogP contribution in [0, 0.1) is 86.3 Å². The Balaban J connectivity index is 0.000000148. The van der Waals surface area contributed by atoms with Gasteiger partial charge in [-0.05, 0) is 196 Å². The smallest absolute Gasteiger partial charge is 0.340 e. The van der Waals surface area contributed by atoms with E-state index in [0.717, 1.165) is 84.3 Å². The van der Waals surface area contributed by atoms with Gasteiger partial charge in [0, 0.05) is 133 Å². The summed E-state index contributed by atoms with van der Waals surface area (Å²) in [5.41, 5.74) is 23.6. The third-order valence-electron chi connectivity index (χ3n) is 22.1. The van der Waals surface area contributed by atoms with E-state index in [1.54, 1.807) is 149 Å². The van der Waals surface area contributed by atoms with Crippen LogP contribution in [0.3, 0.4) is 0 Å². The monoisotopic (exact) mass is 2040 g/mol. The first-order valence-corrected chi connectivity index (χ1v) is 47.1. The van der Waals surface area contributed by atoms with Gasteiger partial charge in [-0.25, -0.2) is 28.8 Å². The molecular weight excluding hydrogens is 1940 g/mol. The number of nitro benzene ring substituents is 1. The number of carbonyl (C=O) groups is 6. The van der Waals surface area contributed by atoms with Crippen LogP contribution in [-0.4, -0.2) is 102 Å². The molecule has 0 unspecified atom stereocenters. The first-order chi connectivity index (χ1) is 70.6. The molecular formula is C113H104BrN13O20. The van der Waals surface area contributed by atoms with E-state index in [1.807, 2.05) is 152 Å². The number of hydrogen-bond donors (Lipinski definition) is 0. The van der Waals surface area contributed by atoms with Gasteiger partial charge in [-0.15, -0.1) is 0 Å². The van der Waals surface area contributed by atoms with Crippen LogP contribution < -0.4 is 0 Å². The highest BCUT2D eigenvalue weighted by Gasteiger charge is 2.23. The predicted molar refractivity (Wildman–Crippen MR) is 546 cm³/mol. The van der Waals surface area contributed by atoms with Crippen molar-refractivity contribution in [3.8, 4) is 67.5 Å². The molecule has 0 aliphatic heterocycles. The summed E-state index contributed by atoms with van der Waals surface area (Å²) in [7, 11) is 0. The minimum Gasteiger partial charge on any atom is -0.454 e. The molecule has 147 heavy (non-hydrogen) atoms. The Morgan fingerprint density at radius 3 is 0.878 bits per heavy atom. The molecule has 12 heterocycles. The fourth-order valence-electron chi connectivity index (χ4n) is 14.0. The molecule has 0 spiro atoms. The molecule has 0 aliphatic rings. The summed E-state index contributed by atoms with van der Waals surface area (Å²) in [6.07, 6.45) is 3.93. The highest BCUT2D eigenvalue weighted by atomic mass is 79.9. The topological polar surface area (TPSA) is 434 Å². The molecule has 33 nitrogen and oxygen atoms in total. The number of carbonyl (C=O) groups excluding carboxylic acids is 6. The van der Waals surface area contributed by atoms with E-state index in [1.165, 1.54) is 41.2 Å². The zero-order chi connectivity index (χ0) is 105. The number of non-ortho nitro benzene ring substituents is 1. The minimum absolute atomic E-state index is 0.00638. The average molecular weight is 2040 g/mol. The molecule has 0 atom stereocenters. The Morgan fingerprint density at radius 2 is 0.592 bits per heavy atom. The molecule has 0 amide bonds. The van der Waals surface area contributed by atoms with Gasteiger partial charge in [-0.3, -0.25) is 40.0 Å². The van der Waals surface area contributed by atoms with Gasteiger partial charge in [0.05, 0.1) is 61.1 Å². The van der Waals surface area contributed by atoms with Crippen molar-refractivity contribution in [1.29, 1.82) is 0 Å². The van der Waals surface area contributed by atoms with E-state index in [9.17, 15) is 38.9 Å². The van der Waals surface area contributed by atoms with Crippen LogP contribution in [0.1, 0.15) is 198 Å². The SMILES string of the molecule is CCc1ccc(-c2cc(COC(=O)c3ccc(C)nc3C)on2)cc1.Cc1ccc(-c2cc(COC(=O)c3ccc(C)nc3C)on2)cc1.Cc1ccc(C(=O)OCc2cc(-c3ccc(C(C)(C)C)cc3)no2)c(C)n1.Cc1ccc(C(=O)OCc2cc(-c3ccc([N+](=O)[O-])cc3)no2)cn1.Cc1ccc(C(=O)OCc2cc(-c3cccc(Br)c3)no2)cn1.Cc1ccc(C(=O)OCc2cc(-c3ccccc3)no2)c(C)n1. The number of esters is 6. The van der Waals surface area contributed by atoms with Crippen molar-refractivity contribution in [1.82, 2.24) is 60.8 Å². The lowest BCUT2D eigenvalue weighted by atomic mass is 9.86. The molecule has 6 aromatic carbocycles. The predicted octanol–water partition coefficient (Wildman–Crippen LogP) is 24.5. The van der Waals surface area contributed by atoms with Gasteiger partial charge in [0.15, 0.2) is 74.2 Å². The molecule has 0 radical (unpaired) electrons. The number of halogens is 1. The van der Waals surface area contributed by atoms with Crippen molar-refractivity contribution in [3.63, 3.8) is 0 Å². The van der Waals surface area contributed by atoms with Gasteiger partial charge in [-0.2, -0.15) is 0 Å². The van der Waals surface area contributed by atoms with Crippen molar-refractivity contribution in [3.05, 3.63) is 429 Å². The van der Waals surface area contributed by atoms with Crippen LogP contribution in [0.25, 0.3) is 67.5 Å². The standard InChI is InChI=1S/C22H24N2O3.C20H20N2O3.C19H18N2O3.C18H16N2O3.C17H13BrN2O3.C17H13N3O5/c1-14-6-11-19(15(2)23-14)21(25)26-13-18-12-20(24-27-18)16-7-9-17(10-8-16)22(3,4)5;1-4-15-6-8-16(9-7-15)19-11-17(25-22-19)12-24-20(23)18-10-5-13(2)21-14(18)3;1-12-4-7-15(8-5-12)18-10-16(24-21-18)11-23-19(22)17-9-6-13(2)20-14(17)3;1-12-8-9-16(13(2)19-12)18(21)22-11-15-10-17(20-23-15)14-6-4-3-5-7-14;1-11-5-6-13(9-19-11)17(21)22-10-15-8-16(20-23-15)12-3-2-4-14(18)7-12;1-11-2-3-13(9-18-11)17(21)24-10-15-8-16(19-25-15)12-4-6-14(7-5-12)20(22)23/h6-12H,13H2,1-5H3;5-11H,4,12H2,1-3H3;4-10H,11H2,1-3H3;3-10H,11H2,1-2H3;2-9H,10H2,1H3;2-9H,10H2,1H3. The molecule has 18 aromatic rings. The van der Waals surface area contributed by atoms with Crippen LogP contribution in [0.5, 0.6) is 0 Å². The second kappa shape index (κ2) is 50.7. The molecule has 0 N–H and O–H groups in total. The van der Waals surface area contributed by atoms with Gasteiger partial charge < -0.3 is 55.6 Å². The molecule has 0 bridgehead atoms. The Kier molecular flexibility index (Phi) is 36.7. The average Bonchev–Trinajstić information content (AvgIpc) is 1.72. The normalized spacial score (nSPS) is 10.7. The van der Waals surface area contributed by atoms with Crippen molar-refractivity contribution in [2.45, 2.75) is 155 Å². The van der Waals surface area contributed by atoms with Crippen molar-refractivity contribution in [2.75, 3.05) is 0 Å². The Morgan fingerprint density at radius 1 is 0.313 bits per heavy atom. The van der Waals surface area contributed by atoms with Gasteiger partial charge in [0.25, 0.3) is 5.69 Å². The lowest BCUT2D eigenvalue weighted by Gasteiger charge is -2.18. The van der Waals surface area contributed by atoms with Gasteiger partial charge in [-0.1, -0.05) is 195 Å². The number of pyridine rings is 6. The summed E-state index contributed by atoms with van der Waals surface area (Å²) in [5, 5.41) is 34.6. The second-order valence-corrected chi connectivity index (χ2v) is 35.6. The summed E-state index contributed by atoms with van der Waals surface area (Å²) in [4.78, 5) is 108. The maximum Gasteiger partial charge on any atom is 0.340 e. The van der Waals surface area contributed by atoms with Gasteiger partial charge in [0.1, 0.15) is 34.2 Å². The van der Waals surface area contributed by atoms with Crippen molar-refractivity contribution < 1.29 is 89.3 Å². The summed E-state index contributed by atoms with van der Waals surface area (Å²) in [6, 6.07) is 79.0. The van der Waals surface area contributed by atoms with Crippen LogP contribution in [0.4, 0.5) is 5.69 Å². The molecule has 12 aromatic heterocycles. The number of benzene rings is 6. The maximum absolute atomic E-state index is 12.2. The van der Waals surface area contributed by atoms with Crippen LogP contribution in [-0.2, 0) is 79.9 Å². The van der Waals surface area contributed by atoms with E-state index < -0.39 is 40.7 Å². The first kappa shape index (κ1) is 106. The van der Waals surface area contributed by atoms with E-state index in [0.29, 0.717) is 119 Å². The first-order valence-electron chi connectivity index (χ1n) is 46.3. The lowest BCUT2D eigenvalue weighted by molar-refractivity contribution is -0.384.